The topological polar surface area (TPSA) is 25.8 Å². The van der Waals surface area contributed by atoms with E-state index in [0.717, 1.165) is 27.4 Å². The Morgan fingerprint density at radius 3 is 1.95 bits per heavy atom. The Bertz CT molecular complexity index is 2470. The van der Waals surface area contributed by atoms with E-state index in [2.05, 4.69) is 132 Å². The fourth-order valence-electron chi connectivity index (χ4n) is 8.10. The van der Waals surface area contributed by atoms with Gasteiger partial charge in [0.25, 0.3) is 0 Å². The SMILES string of the molecule is c1ccc2c(c1)-c1c(-c3cnc4c(ccc5cccnc54)c3)cccc1C21c2ccccc2-c2cccc3cccc1c23. The lowest BCUT2D eigenvalue weighted by Crippen LogP contribution is -2.31. The van der Waals surface area contributed by atoms with Gasteiger partial charge in [-0.15, -0.1) is 0 Å². The molecule has 1 unspecified atom stereocenters. The summed E-state index contributed by atoms with van der Waals surface area (Å²) < 4.78 is 0. The van der Waals surface area contributed by atoms with Crippen LogP contribution in [0.5, 0.6) is 0 Å². The third kappa shape index (κ3) is 2.83. The molecule has 1 spiro atoms. The molecule has 0 saturated carbocycles. The van der Waals surface area contributed by atoms with Gasteiger partial charge in [0, 0.05) is 28.7 Å². The predicted octanol–water partition coefficient (Wildman–Crippen LogP) is 9.95. The Morgan fingerprint density at radius 1 is 0.419 bits per heavy atom. The third-order valence-corrected chi connectivity index (χ3v) is 9.73. The van der Waals surface area contributed by atoms with Crippen molar-refractivity contribution in [3.8, 4) is 33.4 Å². The molecule has 0 fully saturated rings. The molecule has 0 saturated heterocycles. The van der Waals surface area contributed by atoms with Gasteiger partial charge in [-0.3, -0.25) is 9.97 Å². The Hall–Kier alpha value is -5.60. The van der Waals surface area contributed by atoms with Crippen LogP contribution in [0.1, 0.15) is 22.3 Å². The largest absolute Gasteiger partial charge is 0.254 e. The summed E-state index contributed by atoms with van der Waals surface area (Å²) in [6.45, 7) is 0. The molecular formula is C41H24N2. The van der Waals surface area contributed by atoms with Crippen molar-refractivity contribution in [1.29, 1.82) is 0 Å². The van der Waals surface area contributed by atoms with E-state index in [1.54, 1.807) is 0 Å². The van der Waals surface area contributed by atoms with Gasteiger partial charge in [0.15, 0.2) is 0 Å². The highest BCUT2D eigenvalue weighted by Crippen LogP contribution is 2.63. The van der Waals surface area contributed by atoms with Crippen LogP contribution in [0.25, 0.3) is 66.0 Å². The van der Waals surface area contributed by atoms with Gasteiger partial charge in [-0.25, -0.2) is 0 Å². The van der Waals surface area contributed by atoms with Crippen molar-refractivity contribution in [2.75, 3.05) is 0 Å². The minimum absolute atomic E-state index is 0.420. The fourth-order valence-corrected chi connectivity index (χ4v) is 8.10. The monoisotopic (exact) mass is 544 g/mol. The Morgan fingerprint density at radius 2 is 1.05 bits per heavy atom. The predicted molar refractivity (Wildman–Crippen MR) is 176 cm³/mol. The summed E-state index contributed by atoms with van der Waals surface area (Å²) in [5, 5.41) is 4.84. The molecule has 0 bridgehead atoms. The van der Waals surface area contributed by atoms with E-state index in [-0.39, 0.29) is 0 Å². The zero-order valence-electron chi connectivity index (χ0n) is 23.3. The first-order chi connectivity index (χ1) is 21.3. The number of aromatic nitrogens is 2. The van der Waals surface area contributed by atoms with Crippen LogP contribution in [-0.4, -0.2) is 9.97 Å². The molecule has 0 amide bonds. The normalized spacial score (nSPS) is 16.0. The van der Waals surface area contributed by atoms with E-state index in [4.69, 9.17) is 4.98 Å². The number of hydrogen-bond acceptors (Lipinski definition) is 2. The number of hydrogen-bond donors (Lipinski definition) is 0. The first-order valence-corrected chi connectivity index (χ1v) is 14.8. The summed E-state index contributed by atoms with van der Waals surface area (Å²) in [6.07, 6.45) is 3.88. The second kappa shape index (κ2) is 8.24. The van der Waals surface area contributed by atoms with Crippen LogP contribution < -0.4 is 0 Å². The van der Waals surface area contributed by atoms with E-state index in [1.807, 2.05) is 18.5 Å². The molecule has 2 aliphatic rings. The Labute approximate surface area is 248 Å². The molecule has 43 heavy (non-hydrogen) atoms. The van der Waals surface area contributed by atoms with Crippen LogP contribution in [0.4, 0.5) is 0 Å². The van der Waals surface area contributed by atoms with E-state index in [1.165, 1.54) is 60.8 Å². The molecule has 0 N–H and O–H groups in total. The van der Waals surface area contributed by atoms with Gasteiger partial charge in [-0.05, 0) is 73.0 Å². The lowest BCUT2D eigenvalue weighted by molar-refractivity contribution is 0.773. The molecule has 2 heterocycles. The van der Waals surface area contributed by atoms with Gasteiger partial charge >= 0.3 is 0 Å². The van der Waals surface area contributed by atoms with Crippen LogP contribution in [-0.2, 0) is 5.41 Å². The average molecular weight is 545 g/mol. The Balaban J connectivity index is 1.33. The Kier molecular flexibility index (Phi) is 4.41. The van der Waals surface area contributed by atoms with E-state index < -0.39 is 5.41 Å². The first-order valence-electron chi connectivity index (χ1n) is 14.8. The number of benzene rings is 6. The maximum absolute atomic E-state index is 5.01. The number of pyridine rings is 2. The molecule has 2 aromatic heterocycles. The molecule has 2 nitrogen and oxygen atoms in total. The molecule has 10 rings (SSSR count). The number of nitrogens with zero attached hydrogens (tertiary/aromatic N) is 2. The molecule has 6 aromatic carbocycles. The molecule has 198 valence electrons. The molecule has 2 aliphatic carbocycles. The van der Waals surface area contributed by atoms with Crippen molar-refractivity contribution in [3.05, 3.63) is 168 Å². The summed E-state index contributed by atoms with van der Waals surface area (Å²) in [5.41, 5.74) is 14.4. The summed E-state index contributed by atoms with van der Waals surface area (Å²) in [7, 11) is 0. The van der Waals surface area contributed by atoms with Crippen LogP contribution in [0.3, 0.4) is 0 Å². The lowest BCUT2D eigenvalue weighted by Gasteiger charge is -2.40. The van der Waals surface area contributed by atoms with Gasteiger partial charge in [-0.1, -0.05) is 121 Å². The molecule has 1 atom stereocenters. The van der Waals surface area contributed by atoms with Crippen molar-refractivity contribution in [1.82, 2.24) is 9.97 Å². The zero-order chi connectivity index (χ0) is 28.1. The number of fused-ring (bicyclic) bond motifs is 12. The number of rotatable bonds is 1. The summed E-state index contributed by atoms with van der Waals surface area (Å²) >= 11 is 0. The van der Waals surface area contributed by atoms with Crippen LogP contribution >= 0.6 is 0 Å². The highest BCUT2D eigenvalue weighted by molar-refractivity contribution is 6.09. The minimum Gasteiger partial charge on any atom is -0.254 e. The molecule has 8 aromatic rings. The van der Waals surface area contributed by atoms with E-state index in [9.17, 15) is 0 Å². The van der Waals surface area contributed by atoms with Gasteiger partial charge in [-0.2, -0.15) is 0 Å². The van der Waals surface area contributed by atoms with Gasteiger partial charge in [0.05, 0.1) is 16.4 Å². The quantitative estimate of drug-likeness (QED) is 0.192. The van der Waals surface area contributed by atoms with Crippen molar-refractivity contribution < 1.29 is 0 Å². The summed E-state index contributed by atoms with van der Waals surface area (Å²) in [6, 6.07) is 49.1. The molecule has 2 heteroatoms. The van der Waals surface area contributed by atoms with Gasteiger partial charge < -0.3 is 0 Å². The summed E-state index contributed by atoms with van der Waals surface area (Å²) in [4.78, 5) is 9.66. The van der Waals surface area contributed by atoms with Crippen molar-refractivity contribution >= 4 is 32.6 Å². The highest BCUT2D eigenvalue weighted by atomic mass is 14.7. The van der Waals surface area contributed by atoms with Crippen molar-refractivity contribution in [3.63, 3.8) is 0 Å². The van der Waals surface area contributed by atoms with E-state index in [0.29, 0.717) is 0 Å². The smallest absolute Gasteiger partial charge is 0.0964 e. The third-order valence-electron chi connectivity index (χ3n) is 9.73. The van der Waals surface area contributed by atoms with Crippen molar-refractivity contribution in [2.45, 2.75) is 5.41 Å². The lowest BCUT2D eigenvalue weighted by atomic mass is 9.61. The maximum Gasteiger partial charge on any atom is 0.0964 e. The maximum atomic E-state index is 5.01. The van der Waals surface area contributed by atoms with Gasteiger partial charge in [0.2, 0.25) is 0 Å². The average Bonchev–Trinajstić information content (AvgIpc) is 3.38. The fraction of sp³-hybridized carbons (Fsp3) is 0.0244. The summed E-state index contributed by atoms with van der Waals surface area (Å²) in [5.74, 6) is 0. The van der Waals surface area contributed by atoms with Crippen LogP contribution in [0.15, 0.2) is 146 Å². The minimum atomic E-state index is -0.420. The first kappa shape index (κ1) is 23.0. The van der Waals surface area contributed by atoms with E-state index >= 15 is 0 Å². The second-order valence-electron chi connectivity index (χ2n) is 11.7. The van der Waals surface area contributed by atoms with Crippen LogP contribution in [0, 0.1) is 0 Å². The standard InChI is InChI=1S/C41H24N2/c1-3-16-33-30(12-1)31-15-5-9-25-10-6-18-35(37(25)31)41(33)34-17-4-2-13-32(34)38-29(14-7-19-36(38)41)28-23-27-21-20-26-11-8-22-42-39(26)40(27)43-24-28/h1-24H. The van der Waals surface area contributed by atoms with Gasteiger partial charge in [0.1, 0.15) is 0 Å². The highest BCUT2D eigenvalue weighted by Gasteiger charge is 2.50. The van der Waals surface area contributed by atoms with Crippen LogP contribution in [0.2, 0.25) is 0 Å². The zero-order valence-corrected chi connectivity index (χ0v) is 23.3. The molecule has 0 aliphatic heterocycles. The van der Waals surface area contributed by atoms with Crippen molar-refractivity contribution in [2.24, 2.45) is 0 Å². The molecule has 0 radical (unpaired) electrons. The second-order valence-corrected chi connectivity index (χ2v) is 11.7. The molecular weight excluding hydrogens is 520 g/mol.